The van der Waals surface area contributed by atoms with E-state index in [0.717, 1.165) is 30.2 Å². The Kier molecular flexibility index (Phi) is 5.85. The van der Waals surface area contributed by atoms with E-state index in [4.69, 9.17) is 5.11 Å². The molecule has 18 heavy (non-hydrogen) atoms. The molecule has 5 nitrogen and oxygen atoms in total. The zero-order valence-corrected chi connectivity index (χ0v) is 11.8. The van der Waals surface area contributed by atoms with Crippen molar-refractivity contribution in [1.82, 2.24) is 9.97 Å². The third-order valence-electron chi connectivity index (χ3n) is 2.78. The molecule has 0 atom stereocenters. The van der Waals surface area contributed by atoms with E-state index in [-0.39, 0.29) is 6.61 Å². The first-order chi connectivity index (χ1) is 8.61. The first-order valence-corrected chi connectivity index (χ1v) is 6.52. The van der Waals surface area contributed by atoms with Gasteiger partial charge in [-0.05, 0) is 12.3 Å². The molecule has 0 aliphatic rings. The third kappa shape index (κ3) is 3.57. The van der Waals surface area contributed by atoms with Gasteiger partial charge in [0.15, 0.2) is 0 Å². The summed E-state index contributed by atoms with van der Waals surface area (Å²) in [6.45, 7) is 7.99. The molecule has 0 amide bonds. The second-order valence-electron chi connectivity index (χ2n) is 4.69. The zero-order chi connectivity index (χ0) is 13.5. The Morgan fingerprint density at radius 1 is 1.39 bits per heavy atom. The number of hydrogen-bond donors (Lipinski definition) is 2. The number of nitrogens with one attached hydrogen (secondary N) is 1. The van der Waals surface area contributed by atoms with Crippen LogP contribution in [-0.2, 0) is 0 Å². The molecule has 0 saturated carbocycles. The highest BCUT2D eigenvalue weighted by atomic mass is 16.3. The number of aliphatic hydroxyl groups is 1. The maximum Gasteiger partial charge on any atom is 0.137 e. The van der Waals surface area contributed by atoms with E-state index in [9.17, 15) is 0 Å². The summed E-state index contributed by atoms with van der Waals surface area (Å²) in [6.07, 6.45) is 2.64. The van der Waals surface area contributed by atoms with E-state index >= 15 is 0 Å². The Labute approximate surface area is 109 Å². The highest BCUT2D eigenvalue weighted by Crippen LogP contribution is 2.30. The van der Waals surface area contributed by atoms with Gasteiger partial charge in [0.1, 0.15) is 18.0 Å². The first-order valence-electron chi connectivity index (χ1n) is 6.52. The first kappa shape index (κ1) is 14.7. The predicted molar refractivity (Wildman–Crippen MR) is 75.3 cm³/mol. The summed E-state index contributed by atoms with van der Waals surface area (Å²) in [7, 11) is 1.94. The number of rotatable bonds is 7. The maximum absolute atomic E-state index is 9.04. The fourth-order valence-corrected chi connectivity index (χ4v) is 1.86. The Bertz CT molecular complexity index is 368. The summed E-state index contributed by atoms with van der Waals surface area (Å²) < 4.78 is 0. The smallest absolute Gasteiger partial charge is 0.137 e. The van der Waals surface area contributed by atoms with E-state index in [1.165, 1.54) is 0 Å². The molecule has 0 radical (unpaired) electrons. The van der Waals surface area contributed by atoms with Crippen molar-refractivity contribution in [3.05, 3.63) is 11.9 Å². The molecule has 0 aliphatic carbocycles. The lowest BCUT2D eigenvalue weighted by atomic mass is 10.0. The zero-order valence-electron chi connectivity index (χ0n) is 11.8. The van der Waals surface area contributed by atoms with Crippen molar-refractivity contribution < 1.29 is 5.11 Å². The Morgan fingerprint density at radius 2 is 2.11 bits per heavy atom. The molecular weight excluding hydrogens is 228 g/mol. The normalized spacial score (nSPS) is 10.8. The molecule has 1 heterocycles. The van der Waals surface area contributed by atoms with Gasteiger partial charge in [0, 0.05) is 25.7 Å². The van der Waals surface area contributed by atoms with Crippen molar-refractivity contribution in [2.24, 2.45) is 0 Å². The minimum Gasteiger partial charge on any atom is -0.395 e. The molecule has 1 aromatic heterocycles. The molecule has 2 N–H and O–H groups in total. The second kappa shape index (κ2) is 7.16. The van der Waals surface area contributed by atoms with E-state index in [1.54, 1.807) is 6.33 Å². The SMILES string of the molecule is CCCNc1ncnc(N(C)CCO)c1C(C)C. The Morgan fingerprint density at radius 3 is 2.67 bits per heavy atom. The van der Waals surface area contributed by atoms with Crippen LogP contribution in [-0.4, -0.2) is 41.8 Å². The highest BCUT2D eigenvalue weighted by Gasteiger charge is 2.17. The molecular formula is C13H24N4O. The molecule has 1 aromatic rings. The number of aromatic nitrogens is 2. The van der Waals surface area contributed by atoms with Gasteiger partial charge in [-0.2, -0.15) is 0 Å². The van der Waals surface area contributed by atoms with Crippen LogP contribution in [0.15, 0.2) is 6.33 Å². The lowest BCUT2D eigenvalue weighted by molar-refractivity contribution is 0.303. The van der Waals surface area contributed by atoms with Crippen LogP contribution in [0.5, 0.6) is 0 Å². The number of anilines is 2. The van der Waals surface area contributed by atoms with Crippen molar-refractivity contribution in [2.45, 2.75) is 33.1 Å². The number of likely N-dealkylation sites (N-methyl/N-ethyl adjacent to an activating group) is 1. The van der Waals surface area contributed by atoms with Crippen molar-refractivity contribution in [2.75, 3.05) is 37.0 Å². The van der Waals surface area contributed by atoms with Gasteiger partial charge in [0.2, 0.25) is 0 Å². The third-order valence-corrected chi connectivity index (χ3v) is 2.78. The van der Waals surface area contributed by atoms with E-state index in [0.29, 0.717) is 12.5 Å². The summed E-state index contributed by atoms with van der Waals surface area (Å²) in [5.41, 5.74) is 1.11. The summed E-state index contributed by atoms with van der Waals surface area (Å²) in [6, 6.07) is 0. The fourth-order valence-electron chi connectivity index (χ4n) is 1.86. The Hall–Kier alpha value is -1.36. The van der Waals surface area contributed by atoms with Crippen molar-refractivity contribution in [1.29, 1.82) is 0 Å². The van der Waals surface area contributed by atoms with Gasteiger partial charge in [-0.15, -0.1) is 0 Å². The van der Waals surface area contributed by atoms with Crippen molar-refractivity contribution in [3.8, 4) is 0 Å². The van der Waals surface area contributed by atoms with Crippen LogP contribution in [0.1, 0.15) is 38.7 Å². The monoisotopic (exact) mass is 252 g/mol. The van der Waals surface area contributed by atoms with Crippen LogP contribution in [0.25, 0.3) is 0 Å². The van der Waals surface area contributed by atoms with E-state index in [1.807, 2.05) is 11.9 Å². The molecule has 1 rings (SSSR count). The molecule has 0 spiro atoms. The van der Waals surface area contributed by atoms with Crippen LogP contribution in [0.4, 0.5) is 11.6 Å². The number of aliphatic hydroxyl groups excluding tert-OH is 1. The number of hydrogen-bond acceptors (Lipinski definition) is 5. The number of nitrogens with zero attached hydrogens (tertiary/aromatic N) is 3. The van der Waals surface area contributed by atoms with Gasteiger partial charge in [-0.3, -0.25) is 0 Å². The molecule has 5 heteroatoms. The molecule has 102 valence electrons. The second-order valence-corrected chi connectivity index (χ2v) is 4.69. The van der Waals surface area contributed by atoms with Crippen LogP contribution in [0.3, 0.4) is 0 Å². The van der Waals surface area contributed by atoms with Gasteiger partial charge in [0.05, 0.1) is 6.61 Å². The van der Waals surface area contributed by atoms with Gasteiger partial charge in [-0.25, -0.2) is 9.97 Å². The summed E-state index contributed by atoms with van der Waals surface area (Å²) in [4.78, 5) is 10.6. The molecule has 0 aliphatic heterocycles. The van der Waals surface area contributed by atoms with E-state index in [2.05, 4.69) is 36.1 Å². The topological polar surface area (TPSA) is 61.3 Å². The lowest BCUT2D eigenvalue weighted by Gasteiger charge is -2.23. The maximum atomic E-state index is 9.04. The predicted octanol–water partition coefficient (Wildman–Crippen LogP) is 1.85. The van der Waals surface area contributed by atoms with Gasteiger partial charge in [0.25, 0.3) is 0 Å². The minimum atomic E-state index is 0.121. The standard InChI is InChI=1S/C13H24N4O/c1-5-6-14-12-11(10(2)3)13(16-9-15-12)17(4)7-8-18/h9-10,18H,5-8H2,1-4H3,(H,14,15,16). The van der Waals surface area contributed by atoms with Crippen LogP contribution in [0.2, 0.25) is 0 Å². The summed E-state index contributed by atoms with van der Waals surface area (Å²) in [5, 5.41) is 12.4. The van der Waals surface area contributed by atoms with Crippen LogP contribution in [0, 0.1) is 0 Å². The average molecular weight is 252 g/mol. The van der Waals surface area contributed by atoms with E-state index < -0.39 is 0 Å². The lowest BCUT2D eigenvalue weighted by Crippen LogP contribution is -2.24. The molecule has 0 unspecified atom stereocenters. The average Bonchev–Trinajstić information content (AvgIpc) is 2.35. The minimum absolute atomic E-state index is 0.121. The molecule has 0 aromatic carbocycles. The quantitative estimate of drug-likeness (QED) is 0.775. The molecule has 0 saturated heterocycles. The summed E-state index contributed by atoms with van der Waals surface area (Å²) in [5.74, 6) is 2.14. The highest BCUT2D eigenvalue weighted by molar-refractivity contribution is 5.60. The van der Waals surface area contributed by atoms with Crippen LogP contribution >= 0.6 is 0 Å². The van der Waals surface area contributed by atoms with Gasteiger partial charge < -0.3 is 15.3 Å². The fraction of sp³-hybridized carbons (Fsp3) is 0.692. The van der Waals surface area contributed by atoms with Crippen molar-refractivity contribution >= 4 is 11.6 Å². The summed E-state index contributed by atoms with van der Waals surface area (Å²) >= 11 is 0. The largest absolute Gasteiger partial charge is 0.395 e. The van der Waals surface area contributed by atoms with Crippen LogP contribution < -0.4 is 10.2 Å². The molecule has 0 fully saturated rings. The Balaban J connectivity index is 3.08. The van der Waals surface area contributed by atoms with Gasteiger partial charge in [-0.1, -0.05) is 20.8 Å². The molecule has 0 bridgehead atoms. The van der Waals surface area contributed by atoms with Crippen molar-refractivity contribution in [3.63, 3.8) is 0 Å². The van der Waals surface area contributed by atoms with Gasteiger partial charge >= 0.3 is 0 Å².